The van der Waals surface area contributed by atoms with Crippen molar-refractivity contribution in [1.82, 2.24) is 4.90 Å². The third kappa shape index (κ3) is 2.57. The van der Waals surface area contributed by atoms with Crippen molar-refractivity contribution in [1.29, 1.82) is 5.26 Å². The molecule has 0 aromatic carbocycles. The van der Waals surface area contributed by atoms with E-state index in [1.165, 1.54) is 0 Å². The minimum absolute atomic E-state index is 0.00237. The second kappa shape index (κ2) is 4.47. The first-order valence-corrected chi connectivity index (χ1v) is 5.50. The third-order valence-corrected chi connectivity index (χ3v) is 2.60. The highest BCUT2D eigenvalue weighted by molar-refractivity contribution is 5.50. The fourth-order valence-corrected chi connectivity index (χ4v) is 2.25. The first kappa shape index (κ1) is 13.1. The molecule has 0 amide bonds. The van der Waals surface area contributed by atoms with Crippen LogP contribution in [-0.2, 0) is 0 Å². The Morgan fingerprint density at radius 2 is 1.76 bits per heavy atom. The summed E-state index contributed by atoms with van der Waals surface area (Å²) in [6.45, 7) is 17.4. The molecular formula is C14H17N3. The lowest BCUT2D eigenvalue weighted by atomic mass is 9.98. The van der Waals surface area contributed by atoms with Crippen molar-refractivity contribution in [3.8, 4) is 6.07 Å². The van der Waals surface area contributed by atoms with Crippen LogP contribution in [0.2, 0.25) is 0 Å². The van der Waals surface area contributed by atoms with Crippen molar-refractivity contribution >= 4 is 0 Å². The Hall–Kier alpha value is -2.00. The fraction of sp³-hybridized carbons (Fsp3) is 0.429. The zero-order valence-corrected chi connectivity index (χ0v) is 11.0. The molecule has 0 bridgehead atoms. The molecule has 1 rings (SSSR count). The zero-order valence-electron chi connectivity index (χ0n) is 11.0. The van der Waals surface area contributed by atoms with Crippen molar-refractivity contribution in [2.24, 2.45) is 0 Å². The number of nitrogens with zero attached hydrogens (tertiary/aromatic N) is 3. The molecule has 17 heavy (non-hydrogen) atoms. The van der Waals surface area contributed by atoms with Crippen LogP contribution in [0.3, 0.4) is 0 Å². The minimum atomic E-state index is -0.00237. The summed E-state index contributed by atoms with van der Waals surface area (Å²) in [4.78, 5) is 5.45. The van der Waals surface area contributed by atoms with Crippen molar-refractivity contribution in [2.75, 3.05) is 0 Å². The van der Waals surface area contributed by atoms with Gasteiger partial charge >= 0.3 is 0 Å². The lowest BCUT2D eigenvalue weighted by molar-refractivity contribution is 0.235. The Morgan fingerprint density at radius 1 is 1.29 bits per heavy atom. The average Bonchev–Trinajstić information content (AvgIpc) is 2.16. The van der Waals surface area contributed by atoms with Crippen molar-refractivity contribution in [3.05, 3.63) is 46.2 Å². The molecule has 0 radical (unpaired) electrons. The monoisotopic (exact) mass is 227 g/mol. The van der Waals surface area contributed by atoms with E-state index in [-0.39, 0.29) is 11.2 Å². The molecule has 0 atom stereocenters. The van der Waals surface area contributed by atoms with E-state index in [9.17, 15) is 0 Å². The van der Waals surface area contributed by atoms with Gasteiger partial charge in [0.15, 0.2) is 0 Å². The summed E-state index contributed by atoms with van der Waals surface area (Å²) < 4.78 is 0. The van der Waals surface area contributed by atoms with Crippen LogP contribution in [0.1, 0.15) is 34.6 Å². The van der Waals surface area contributed by atoms with E-state index in [1.54, 1.807) is 0 Å². The Morgan fingerprint density at radius 3 is 2.06 bits per heavy atom. The molecule has 1 heterocycles. The molecule has 1 aliphatic rings. The van der Waals surface area contributed by atoms with Gasteiger partial charge in [-0.3, -0.25) is 0 Å². The van der Waals surface area contributed by atoms with E-state index in [1.807, 2.05) is 32.1 Å². The van der Waals surface area contributed by atoms with Crippen LogP contribution in [-0.4, -0.2) is 10.4 Å². The Labute approximate surface area is 103 Å². The normalized spacial score (nSPS) is 15.7. The molecule has 3 heteroatoms. The van der Waals surface area contributed by atoms with Crippen molar-refractivity contribution in [3.63, 3.8) is 0 Å². The molecule has 0 aromatic rings. The lowest BCUT2D eigenvalue weighted by Crippen LogP contribution is -2.39. The van der Waals surface area contributed by atoms with Gasteiger partial charge in [0.1, 0.15) is 0 Å². The summed E-state index contributed by atoms with van der Waals surface area (Å²) in [5.41, 5.74) is 2.97. The van der Waals surface area contributed by atoms with E-state index < -0.39 is 0 Å². The van der Waals surface area contributed by atoms with Gasteiger partial charge in [0.2, 0.25) is 0 Å². The maximum atomic E-state index is 8.88. The number of hydrogen-bond donors (Lipinski definition) is 0. The molecule has 0 unspecified atom stereocenters. The van der Waals surface area contributed by atoms with Crippen LogP contribution in [0.4, 0.5) is 0 Å². The third-order valence-electron chi connectivity index (χ3n) is 2.60. The maximum absolute atomic E-state index is 8.88. The average molecular weight is 227 g/mol. The largest absolute Gasteiger partial charge is 0.344 e. The van der Waals surface area contributed by atoms with E-state index in [4.69, 9.17) is 11.8 Å². The molecule has 0 aromatic heterocycles. The van der Waals surface area contributed by atoms with Crippen LogP contribution in [0.25, 0.3) is 4.85 Å². The Kier molecular flexibility index (Phi) is 3.44. The molecule has 0 spiro atoms. The molecule has 0 saturated carbocycles. The van der Waals surface area contributed by atoms with E-state index >= 15 is 0 Å². The van der Waals surface area contributed by atoms with Gasteiger partial charge < -0.3 is 4.90 Å². The summed E-state index contributed by atoms with van der Waals surface area (Å²) in [5, 5.41) is 8.88. The van der Waals surface area contributed by atoms with Gasteiger partial charge in [0.25, 0.3) is 5.70 Å². The summed E-state index contributed by atoms with van der Waals surface area (Å²) in [6, 6.07) is 1.93. The van der Waals surface area contributed by atoms with Gasteiger partial charge in [-0.25, -0.2) is 10.1 Å². The van der Waals surface area contributed by atoms with Crippen LogP contribution in [0.5, 0.6) is 0 Å². The number of nitriles is 1. The van der Waals surface area contributed by atoms with Crippen LogP contribution < -0.4 is 0 Å². The first-order chi connectivity index (χ1) is 7.81. The minimum Gasteiger partial charge on any atom is -0.344 e. The van der Waals surface area contributed by atoms with Gasteiger partial charge in [-0.2, -0.15) is 0 Å². The summed E-state index contributed by atoms with van der Waals surface area (Å²) in [5.74, 6) is 0. The highest BCUT2D eigenvalue weighted by Crippen LogP contribution is 2.31. The predicted octanol–water partition coefficient (Wildman–Crippen LogP) is 3.61. The summed E-state index contributed by atoms with van der Waals surface area (Å²) in [7, 11) is 0. The molecule has 88 valence electrons. The molecule has 0 N–H and O–H groups in total. The molecular weight excluding hydrogens is 210 g/mol. The van der Waals surface area contributed by atoms with Gasteiger partial charge in [-0.15, -0.1) is 0 Å². The topological polar surface area (TPSA) is 31.4 Å². The van der Waals surface area contributed by atoms with Crippen molar-refractivity contribution in [2.45, 2.75) is 40.2 Å². The zero-order chi connectivity index (χ0) is 13.2. The van der Waals surface area contributed by atoms with Gasteiger partial charge in [0, 0.05) is 16.9 Å². The molecule has 0 fully saturated rings. The summed E-state index contributed by atoms with van der Waals surface area (Å²) in [6.07, 6.45) is 3.80. The van der Waals surface area contributed by atoms with Gasteiger partial charge in [-0.1, -0.05) is 0 Å². The van der Waals surface area contributed by atoms with E-state index in [2.05, 4.69) is 30.5 Å². The smallest absolute Gasteiger partial charge is 0.269 e. The van der Waals surface area contributed by atoms with E-state index in [0.29, 0.717) is 5.57 Å². The van der Waals surface area contributed by atoms with Crippen molar-refractivity contribution < 1.29 is 0 Å². The highest BCUT2D eigenvalue weighted by Gasteiger charge is 2.25. The highest BCUT2D eigenvalue weighted by atomic mass is 15.2. The Bertz CT molecular complexity index is 461. The van der Waals surface area contributed by atoms with Crippen LogP contribution in [0.15, 0.2) is 34.8 Å². The predicted molar refractivity (Wildman–Crippen MR) is 68.3 cm³/mol. The first-order valence-electron chi connectivity index (χ1n) is 5.50. The molecule has 3 nitrogen and oxygen atoms in total. The number of hydrogen-bond acceptors (Lipinski definition) is 2. The van der Waals surface area contributed by atoms with Crippen LogP contribution >= 0.6 is 0 Å². The number of rotatable bonds is 0. The fourth-order valence-electron chi connectivity index (χ4n) is 2.25. The maximum Gasteiger partial charge on any atom is 0.269 e. The SMILES string of the molecule is [C-]#[N+]C(C#N)=C1C=C(C)N(C(C)(C)C)C(C)=C1. The number of allylic oxidation sites excluding steroid dienone is 6. The van der Waals surface area contributed by atoms with Crippen LogP contribution in [0, 0.1) is 17.9 Å². The summed E-state index contributed by atoms with van der Waals surface area (Å²) >= 11 is 0. The second-order valence-corrected chi connectivity index (χ2v) is 5.11. The second-order valence-electron chi connectivity index (χ2n) is 5.11. The Balaban J connectivity index is 3.32. The van der Waals surface area contributed by atoms with E-state index in [0.717, 1.165) is 11.4 Å². The standard InChI is InChI=1S/C14H17N3/c1-10-7-12(13(9-15)16-6)8-11(2)17(10)14(3,4)5/h7-8H,1-5H3. The molecule has 0 aliphatic carbocycles. The molecule has 0 saturated heterocycles. The quantitative estimate of drug-likeness (QED) is 0.467. The molecule has 1 aliphatic heterocycles. The van der Waals surface area contributed by atoms with Gasteiger partial charge in [-0.05, 0) is 52.3 Å². The van der Waals surface area contributed by atoms with Gasteiger partial charge in [0.05, 0.1) is 12.6 Å². The lowest BCUT2D eigenvalue weighted by Gasteiger charge is -2.41.